The van der Waals surface area contributed by atoms with Gasteiger partial charge in [-0.25, -0.2) is 4.79 Å². The molecule has 17 heavy (non-hydrogen) atoms. The van der Waals surface area contributed by atoms with Crippen LogP contribution in [0.4, 0.5) is 11.4 Å². The molecule has 0 unspecified atom stereocenters. The highest BCUT2D eigenvalue weighted by Gasteiger charge is 2.07. The lowest BCUT2D eigenvalue weighted by Gasteiger charge is -2.08. The lowest BCUT2D eigenvalue weighted by atomic mass is 10.1. The topological polar surface area (TPSA) is 62.2 Å². The van der Waals surface area contributed by atoms with Crippen molar-refractivity contribution >= 4 is 17.3 Å². The number of anilines is 2. The van der Waals surface area contributed by atoms with E-state index in [1.165, 1.54) is 0 Å². The quantitative estimate of drug-likeness (QED) is 0.847. The summed E-state index contributed by atoms with van der Waals surface area (Å²) in [6, 6.07) is 8.90. The van der Waals surface area contributed by atoms with E-state index in [2.05, 4.69) is 10.3 Å². The molecular weight excluding hydrogens is 216 g/mol. The molecule has 86 valence electrons. The summed E-state index contributed by atoms with van der Waals surface area (Å²) in [5, 5.41) is 12.1. The first-order chi connectivity index (χ1) is 8.16. The number of rotatable bonds is 3. The molecule has 0 amide bonds. The fraction of sp³-hybridized carbons (Fsp3) is 0.0769. The predicted octanol–water partition coefficient (Wildman–Crippen LogP) is 2.83. The first-order valence-electron chi connectivity index (χ1n) is 5.18. The molecule has 1 heterocycles. The van der Waals surface area contributed by atoms with E-state index in [-0.39, 0.29) is 0 Å². The van der Waals surface area contributed by atoms with Crippen molar-refractivity contribution in [2.75, 3.05) is 5.32 Å². The van der Waals surface area contributed by atoms with E-state index in [9.17, 15) is 4.79 Å². The SMILES string of the molecule is Cc1ccc(Nc2ccncc2)cc1C(=O)O. The van der Waals surface area contributed by atoms with Gasteiger partial charge in [0.2, 0.25) is 0 Å². The Labute approximate surface area is 98.9 Å². The number of aryl methyl sites for hydroxylation is 1. The number of hydrogen-bond donors (Lipinski definition) is 2. The van der Waals surface area contributed by atoms with Crippen LogP contribution in [0.1, 0.15) is 15.9 Å². The first-order valence-corrected chi connectivity index (χ1v) is 5.18. The molecule has 2 N–H and O–H groups in total. The number of nitrogens with zero attached hydrogens (tertiary/aromatic N) is 1. The summed E-state index contributed by atoms with van der Waals surface area (Å²) in [6.45, 7) is 1.78. The van der Waals surface area contributed by atoms with Crippen LogP contribution in [0.25, 0.3) is 0 Å². The summed E-state index contributed by atoms with van der Waals surface area (Å²) >= 11 is 0. The molecule has 0 radical (unpaired) electrons. The Morgan fingerprint density at radius 2 is 1.88 bits per heavy atom. The largest absolute Gasteiger partial charge is 0.478 e. The van der Waals surface area contributed by atoms with E-state index in [0.717, 1.165) is 16.9 Å². The summed E-state index contributed by atoms with van der Waals surface area (Å²) in [7, 11) is 0. The number of carbonyl (C=O) groups is 1. The van der Waals surface area contributed by atoms with Gasteiger partial charge in [0.1, 0.15) is 0 Å². The average molecular weight is 228 g/mol. The van der Waals surface area contributed by atoms with Crippen LogP contribution in [-0.2, 0) is 0 Å². The van der Waals surface area contributed by atoms with Gasteiger partial charge in [0.25, 0.3) is 0 Å². The summed E-state index contributed by atoms with van der Waals surface area (Å²) in [5.74, 6) is -0.916. The maximum absolute atomic E-state index is 11.0. The molecule has 2 aromatic rings. The molecule has 0 saturated carbocycles. The molecule has 0 saturated heterocycles. The molecule has 0 fully saturated rings. The smallest absolute Gasteiger partial charge is 0.336 e. The van der Waals surface area contributed by atoms with Gasteiger partial charge in [-0.05, 0) is 36.8 Å². The Kier molecular flexibility index (Phi) is 3.05. The van der Waals surface area contributed by atoms with Crippen LogP contribution in [0.2, 0.25) is 0 Å². The van der Waals surface area contributed by atoms with E-state index in [1.807, 2.05) is 18.2 Å². The second-order valence-electron chi connectivity index (χ2n) is 3.70. The van der Waals surface area contributed by atoms with E-state index >= 15 is 0 Å². The second kappa shape index (κ2) is 4.65. The number of aromatic nitrogens is 1. The second-order valence-corrected chi connectivity index (χ2v) is 3.70. The molecule has 4 heteroatoms. The van der Waals surface area contributed by atoms with Crippen molar-refractivity contribution in [2.45, 2.75) is 6.92 Å². The fourth-order valence-electron chi connectivity index (χ4n) is 1.53. The van der Waals surface area contributed by atoms with Crippen molar-refractivity contribution in [2.24, 2.45) is 0 Å². The van der Waals surface area contributed by atoms with Crippen molar-refractivity contribution < 1.29 is 9.90 Å². The lowest BCUT2D eigenvalue weighted by molar-refractivity contribution is 0.0696. The van der Waals surface area contributed by atoms with Gasteiger partial charge in [-0.15, -0.1) is 0 Å². The van der Waals surface area contributed by atoms with Crippen LogP contribution < -0.4 is 5.32 Å². The fourth-order valence-corrected chi connectivity index (χ4v) is 1.53. The van der Waals surface area contributed by atoms with Gasteiger partial charge in [-0.2, -0.15) is 0 Å². The van der Waals surface area contributed by atoms with Crippen molar-refractivity contribution in [1.82, 2.24) is 4.98 Å². The van der Waals surface area contributed by atoms with Crippen LogP contribution >= 0.6 is 0 Å². The Balaban J connectivity index is 2.29. The third kappa shape index (κ3) is 2.60. The minimum absolute atomic E-state index is 0.309. The number of benzene rings is 1. The van der Waals surface area contributed by atoms with Crippen molar-refractivity contribution in [3.8, 4) is 0 Å². The maximum atomic E-state index is 11.0. The van der Waals surface area contributed by atoms with Crippen LogP contribution in [0.5, 0.6) is 0 Å². The molecule has 0 aliphatic rings. The van der Waals surface area contributed by atoms with Crippen LogP contribution in [0.15, 0.2) is 42.7 Å². The van der Waals surface area contributed by atoms with Gasteiger partial charge < -0.3 is 10.4 Å². The Bertz CT molecular complexity index is 538. The highest BCUT2D eigenvalue weighted by atomic mass is 16.4. The molecule has 2 rings (SSSR count). The van der Waals surface area contributed by atoms with Gasteiger partial charge in [-0.3, -0.25) is 4.98 Å². The monoisotopic (exact) mass is 228 g/mol. The Morgan fingerprint density at radius 1 is 1.18 bits per heavy atom. The van der Waals surface area contributed by atoms with Gasteiger partial charge >= 0.3 is 5.97 Å². The van der Waals surface area contributed by atoms with Gasteiger partial charge in [0, 0.05) is 23.8 Å². The molecule has 1 aromatic carbocycles. The van der Waals surface area contributed by atoms with Crippen molar-refractivity contribution in [3.63, 3.8) is 0 Å². The van der Waals surface area contributed by atoms with Crippen LogP contribution in [-0.4, -0.2) is 16.1 Å². The first kappa shape index (κ1) is 11.1. The molecule has 0 bridgehead atoms. The zero-order valence-electron chi connectivity index (χ0n) is 9.34. The van der Waals surface area contributed by atoms with Gasteiger partial charge in [-0.1, -0.05) is 6.07 Å². The van der Waals surface area contributed by atoms with E-state index < -0.39 is 5.97 Å². The van der Waals surface area contributed by atoms with E-state index in [4.69, 9.17) is 5.11 Å². The molecule has 0 atom stereocenters. The molecule has 0 aliphatic heterocycles. The molecule has 0 aliphatic carbocycles. The highest BCUT2D eigenvalue weighted by molar-refractivity contribution is 5.90. The third-order valence-electron chi connectivity index (χ3n) is 2.44. The number of nitrogens with one attached hydrogen (secondary N) is 1. The van der Waals surface area contributed by atoms with E-state index in [0.29, 0.717) is 5.56 Å². The number of aromatic carboxylic acids is 1. The third-order valence-corrected chi connectivity index (χ3v) is 2.44. The number of hydrogen-bond acceptors (Lipinski definition) is 3. The van der Waals surface area contributed by atoms with Crippen LogP contribution in [0, 0.1) is 6.92 Å². The van der Waals surface area contributed by atoms with E-state index in [1.54, 1.807) is 31.5 Å². The highest BCUT2D eigenvalue weighted by Crippen LogP contribution is 2.19. The Morgan fingerprint density at radius 3 is 2.53 bits per heavy atom. The van der Waals surface area contributed by atoms with Gasteiger partial charge in [0.05, 0.1) is 5.56 Å². The summed E-state index contributed by atoms with van der Waals surface area (Å²) in [6.07, 6.45) is 3.35. The molecule has 4 nitrogen and oxygen atoms in total. The Hall–Kier alpha value is -2.36. The molecule has 1 aromatic heterocycles. The molecular formula is C13H12N2O2. The maximum Gasteiger partial charge on any atom is 0.336 e. The summed E-state index contributed by atoms with van der Waals surface area (Å²) in [5.41, 5.74) is 2.68. The summed E-state index contributed by atoms with van der Waals surface area (Å²) < 4.78 is 0. The number of carboxylic acid groups (broad SMARTS) is 1. The average Bonchev–Trinajstić information content (AvgIpc) is 2.32. The number of carboxylic acids is 1. The summed E-state index contributed by atoms with van der Waals surface area (Å²) in [4.78, 5) is 14.9. The standard InChI is InChI=1S/C13H12N2O2/c1-9-2-3-11(8-12(9)13(16)17)15-10-4-6-14-7-5-10/h2-8H,1H3,(H,14,15)(H,16,17). The van der Waals surface area contributed by atoms with Crippen LogP contribution in [0.3, 0.4) is 0 Å². The minimum atomic E-state index is -0.916. The lowest BCUT2D eigenvalue weighted by Crippen LogP contribution is -2.01. The zero-order valence-corrected chi connectivity index (χ0v) is 9.34. The predicted molar refractivity (Wildman–Crippen MR) is 65.7 cm³/mol. The normalized spacial score (nSPS) is 9.94. The number of pyridine rings is 1. The van der Waals surface area contributed by atoms with Crippen molar-refractivity contribution in [3.05, 3.63) is 53.9 Å². The van der Waals surface area contributed by atoms with Gasteiger partial charge in [0.15, 0.2) is 0 Å². The van der Waals surface area contributed by atoms with Crippen molar-refractivity contribution in [1.29, 1.82) is 0 Å². The zero-order chi connectivity index (χ0) is 12.3. The molecule has 0 spiro atoms. The minimum Gasteiger partial charge on any atom is -0.478 e.